The van der Waals surface area contributed by atoms with Crippen LogP contribution in [-0.2, 0) is 4.79 Å². The lowest BCUT2D eigenvalue weighted by Crippen LogP contribution is -2.21. The molecule has 0 aliphatic rings. The summed E-state index contributed by atoms with van der Waals surface area (Å²) in [5.74, 6) is -0.270. The van der Waals surface area contributed by atoms with Crippen molar-refractivity contribution in [2.24, 2.45) is 11.7 Å². The molecule has 1 atom stereocenters. The van der Waals surface area contributed by atoms with Crippen molar-refractivity contribution >= 4 is 33.2 Å². The fourth-order valence-corrected chi connectivity index (χ4v) is 2.00. The number of carbonyl (C=O) groups excluding carboxylic acids is 1. The number of rotatable bonds is 6. The number of benzene rings is 1. The smallest absolute Gasteiger partial charge is 0.270 e. The third-order valence-electron chi connectivity index (χ3n) is 2.71. The van der Waals surface area contributed by atoms with Gasteiger partial charge in [-0.25, -0.2) is 0 Å². The number of nitro groups is 1. The molecule has 19 heavy (non-hydrogen) atoms. The molecule has 0 aromatic heterocycles. The summed E-state index contributed by atoms with van der Waals surface area (Å²) in [4.78, 5) is 22.0. The molecule has 0 fully saturated rings. The summed E-state index contributed by atoms with van der Waals surface area (Å²) in [5.41, 5.74) is 5.89. The van der Waals surface area contributed by atoms with Crippen LogP contribution in [0.4, 0.5) is 11.4 Å². The Kier molecular flexibility index (Phi) is 5.91. The van der Waals surface area contributed by atoms with Crippen molar-refractivity contribution in [1.82, 2.24) is 0 Å². The van der Waals surface area contributed by atoms with Crippen molar-refractivity contribution < 1.29 is 9.72 Å². The number of anilines is 1. The van der Waals surface area contributed by atoms with Crippen LogP contribution in [0.1, 0.15) is 19.8 Å². The van der Waals surface area contributed by atoms with E-state index in [1.54, 1.807) is 0 Å². The minimum Gasteiger partial charge on any atom is -0.330 e. The Balaban J connectivity index is 2.72. The highest BCUT2D eigenvalue weighted by atomic mass is 79.9. The maximum absolute atomic E-state index is 11.9. The second-order valence-electron chi connectivity index (χ2n) is 4.24. The number of hydrogen-bond donors (Lipinski definition) is 2. The molecule has 1 aromatic rings. The Morgan fingerprint density at radius 3 is 2.79 bits per heavy atom. The second kappa shape index (κ2) is 7.20. The first-order chi connectivity index (χ1) is 8.95. The zero-order valence-electron chi connectivity index (χ0n) is 10.6. The second-order valence-corrected chi connectivity index (χ2v) is 5.10. The molecule has 3 N–H and O–H groups in total. The highest BCUT2D eigenvalue weighted by Crippen LogP contribution is 2.27. The first kappa shape index (κ1) is 15.6. The lowest BCUT2D eigenvalue weighted by Gasteiger charge is -2.12. The van der Waals surface area contributed by atoms with Gasteiger partial charge in [-0.2, -0.15) is 0 Å². The van der Waals surface area contributed by atoms with Crippen molar-refractivity contribution in [3.8, 4) is 0 Å². The van der Waals surface area contributed by atoms with Gasteiger partial charge in [-0.15, -0.1) is 0 Å². The van der Waals surface area contributed by atoms with E-state index in [1.165, 1.54) is 18.2 Å². The quantitative estimate of drug-likeness (QED) is 0.619. The Labute approximate surface area is 119 Å². The molecule has 0 spiro atoms. The summed E-state index contributed by atoms with van der Waals surface area (Å²) in [7, 11) is 0. The third-order valence-corrected chi connectivity index (χ3v) is 3.37. The van der Waals surface area contributed by atoms with Gasteiger partial charge in [0.15, 0.2) is 0 Å². The van der Waals surface area contributed by atoms with E-state index < -0.39 is 4.92 Å². The fraction of sp³-hybridized carbons (Fsp3) is 0.417. The maximum Gasteiger partial charge on any atom is 0.270 e. The number of halogens is 1. The molecule has 1 amide bonds. The molecule has 6 nitrogen and oxygen atoms in total. The molecule has 0 aliphatic carbocycles. The summed E-state index contributed by atoms with van der Waals surface area (Å²) in [6, 6.07) is 4.22. The van der Waals surface area contributed by atoms with E-state index in [9.17, 15) is 14.9 Å². The van der Waals surface area contributed by atoms with Gasteiger partial charge in [-0.3, -0.25) is 14.9 Å². The van der Waals surface area contributed by atoms with E-state index in [1.807, 2.05) is 6.92 Å². The molecule has 7 heteroatoms. The Morgan fingerprint density at radius 1 is 1.58 bits per heavy atom. The zero-order chi connectivity index (χ0) is 14.4. The van der Waals surface area contributed by atoms with Crippen LogP contribution >= 0.6 is 15.9 Å². The van der Waals surface area contributed by atoms with E-state index in [4.69, 9.17) is 5.73 Å². The van der Waals surface area contributed by atoms with E-state index >= 15 is 0 Å². The van der Waals surface area contributed by atoms with Gasteiger partial charge in [-0.1, -0.05) is 6.92 Å². The summed E-state index contributed by atoms with van der Waals surface area (Å²) in [6.07, 6.45) is 1.50. The van der Waals surface area contributed by atoms with Crippen LogP contribution in [-0.4, -0.2) is 17.4 Å². The van der Waals surface area contributed by atoms with Crippen LogP contribution in [0.15, 0.2) is 22.7 Å². The monoisotopic (exact) mass is 329 g/mol. The van der Waals surface area contributed by atoms with Crippen LogP contribution in [0.2, 0.25) is 0 Å². The van der Waals surface area contributed by atoms with Crippen LogP contribution in [0, 0.1) is 16.0 Å². The van der Waals surface area contributed by atoms with Crippen LogP contribution < -0.4 is 11.1 Å². The van der Waals surface area contributed by atoms with Crippen molar-refractivity contribution in [2.75, 3.05) is 11.9 Å². The number of non-ortho nitro benzene ring substituents is 1. The van der Waals surface area contributed by atoms with E-state index in [0.29, 0.717) is 23.1 Å². The van der Waals surface area contributed by atoms with Gasteiger partial charge >= 0.3 is 0 Å². The number of carbonyl (C=O) groups is 1. The molecular formula is C12H16BrN3O3. The van der Waals surface area contributed by atoms with Crippen molar-refractivity contribution in [3.63, 3.8) is 0 Å². The molecule has 0 saturated carbocycles. The largest absolute Gasteiger partial charge is 0.330 e. The minimum atomic E-state index is -0.486. The number of amides is 1. The van der Waals surface area contributed by atoms with Crippen LogP contribution in [0.5, 0.6) is 0 Å². The Bertz CT molecular complexity index is 479. The SMILES string of the molecule is CC(CCCN)C(=O)Nc1ccc([N+](=O)[O-])cc1Br. The standard InChI is InChI=1S/C12H16BrN3O3/c1-8(3-2-6-14)12(17)15-11-5-4-9(16(18)19)7-10(11)13/h4-5,7-8H,2-3,6,14H2,1H3,(H,15,17). The highest BCUT2D eigenvalue weighted by molar-refractivity contribution is 9.10. The fourth-order valence-electron chi connectivity index (χ4n) is 1.53. The van der Waals surface area contributed by atoms with Crippen molar-refractivity contribution in [2.45, 2.75) is 19.8 Å². The van der Waals surface area contributed by atoms with Gasteiger partial charge < -0.3 is 11.1 Å². The van der Waals surface area contributed by atoms with Gasteiger partial charge in [0.05, 0.1) is 10.6 Å². The molecular weight excluding hydrogens is 314 g/mol. The number of nitrogens with two attached hydrogens (primary N) is 1. The average molecular weight is 330 g/mol. The van der Waals surface area contributed by atoms with Crippen molar-refractivity contribution in [3.05, 3.63) is 32.8 Å². The average Bonchev–Trinajstić information content (AvgIpc) is 2.37. The Hall–Kier alpha value is -1.47. The summed E-state index contributed by atoms with van der Waals surface area (Å²) in [6.45, 7) is 2.38. The molecule has 0 radical (unpaired) electrons. The van der Waals surface area contributed by atoms with Gasteiger partial charge in [0.25, 0.3) is 5.69 Å². The topological polar surface area (TPSA) is 98.3 Å². The molecule has 0 heterocycles. The van der Waals surface area contributed by atoms with Gasteiger partial charge in [0.2, 0.25) is 5.91 Å². The molecule has 0 bridgehead atoms. The lowest BCUT2D eigenvalue weighted by molar-refractivity contribution is -0.384. The highest BCUT2D eigenvalue weighted by Gasteiger charge is 2.15. The minimum absolute atomic E-state index is 0.0268. The predicted molar refractivity (Wildman–Crippen MR) is 76.9 cm³/mol. The molecule has 1 rings (SSSR count). The van der Waals surface area contributed by atoms with Crippen LogP contribution in [0.3, 0.4) is 0 Å². The molecule has 1 unspecified atom stereocenters. The van der Waals surface area contributed by atoms with E-state index in [-0.39, 0.29) is 17.5 Å². The van der Waals surface area contributed by atoms with Gasteiger partial charge in [0.1, 0.15) is 0 Å². The zero-order valence-corrected chi connectivity index (χ0v) is 12.1. The lowest BCUT2D eigenvalue weighted by atomic mass is 10.0. The van der Waals surface area contributed by atoms with Crippen LogP contribution in [0.25, 0.3) is 0 Å². The number of nitro benzene ring substituents is 1. The molecule has 1 aromatic carbocycles. The molecule has 0 saturated heterocycles. The normalized spacial score (nSPS) is 11.9. The summed E-state index contributed by atoms with van der Waals surface area (Å²) < 4.78 is 0.487. The molecule has 0 aliphatic heterocycles. The first-order valence-corrected chi connectivity index (χ1v) is 6.70. The van der Waals surface area contributed by atoms with Gasteiger partial charge in [0, 0.05) is 22.5 Å². The van der Waals surface area contributed by atoms with Crippen molar-refractivity contribution in [1.29, 1.82) is 0 Å². The Morgan fingerprint density at radius 2 is 2.26 bits per heavy atom. The summed E-state index contributed by atoms with van der Waals surface area (Å²) in [5, 5.41) is 13.3. The van der Waals surface area contributed by atoms with E-state index in [2.05, 4.69) is 21.2 Å². The number of nitrogens with zero attached hydrogens (tertiary/aromatic N) is 1. The van der Waals surface area contributed by atoms with Gasteiger partial charge in [-0.05, 0) is 41.4 Å². The maximum atomic E-state index is 11.9. The number of nitrogens with one attached hydrogen (secondary N) is 1. The predicted octanol–water partition coefficient (Wildman–Crippen LogP) is 2.67. The third kappa shape index (κ3) is 4.60. The number of hydrogen-bond acceptors (Lipinski definition) is 4. The van der Waals surface area contributed by atoms with E-state index in [0.717, 1.165) is 6.42 Å². The first-order valence-electron chi connectivity index (χ1n) is 5.90. The molecule has 104 valence electrons. The summed E-state index contributed by atoms with van der Waals surface area (Å²) >= 11 is 3.21.